The molecule has 0 unspecified atom stereocenters. The van der Waals surface area contributed by atoms with Gasteiger partial charge in [0.15, 0.2) is 0 Å². The molecule has 0 bridgehead atoms. The van der Waals surface area contributed by atoms with Crippen molar-refractivity contribution in [2.24, 2.45) is 0 Å². The lowest BCUT2D eigenvalue weighted by Crippen LogP contribution is -2.23. The second kappa shape index (κ2) is 5.65. The van der Waals surface area contributed by atoms with Crippen molar-refractivity contribution < 1.29 is 35.9 Å². The number of nitrogens with one attached hydrogen (secondary N) is 1. The fourth-order valence-electron chi connectivity index (χ4n) is 1.26. The van der Waals surface area contributed by atoms with Gasteiger partial charge in [-0.2, -0.15) is 13.2 Å². The van der Waals surface area contributed by atoms with Gasteiger partial charge in [-0.3, -0.25) is 4.72 Å². The van der Waals surface area contributed by atoms with Crippen molar-refractivity contribution in [2.75, 3.05) is 10.5 Å². The van der Waals surface area contributed by atoms with Crippen LogP contribution in [0.25, 0.3) is 0 Å². The number of carboxylic acid groups (broad SMARTS) is 1. The summed E-state index contributed by atoms with van der Waals surface area (Å²) in [5.74, 6) is -3.76. The molecule has 1 rings (SSSR count). The minimum atomic E-state index is -4.67. The lowest BCUT2D eigenvalue weighted by atomic mass is 10.2. The van der Waals surface area contributed by atoms with E-state index in [0.29, 0.717) is 6.07 Å². The molecule has 0 fully saturated rings. The molecule has 20 heavy (non-hydrogen) atoms. The number of alkyl halides is 3. The molecule has 0 atom stereocenters. The highest BCUT2D eigenvalue weighted by Crippen LogP contribution is 2.22. The average molecular weight is 315 g/mol. The second-order valence-corrected chi connectivity index (χ2v) is 5.62. The Hall–Kier alpha value is -1.84. The summed E-state index contributed by atoms with van der Waals surface area (Å²) in [5.41, 5.74) is -1.19. The second-order valence-electron chi connectivity index (χ2n) is 3.78. The molecule has 112 valence electrons. The highest BCUT2D eigenvalue weighted by atomic mass is 32.2. The Kier molecular flexibility index (Phi) is 4.58. The van der Waals surface area contributed by atoms with E-state index in [0.717, 1.165) is 12.1 Å². The van der Waals surface area contributed by atoms with E-state index >= 15 is 0 Å². The van der Waals surface area contributed by atoms with Crippen molar-refractivity contribution in [3.8, 4) is 0 Å². The maximum atomic E-state index is 13.0. The number of benzene rings is 1. The van der Waals surface area contributed by atoms with Crippen LogP contribution in [0.3, 0.4) is 0 Å². The van der Waals surface area contributed by atoms with E-state index in [9.17, 15) is 30.8 Å². The molecule has 1 aromatic carbocycles. The van der Waals surface area contributed by atoms with Gasteiger partial charge in [-0.1, -0.05) is 0 Å². The molecule has 0 spiro atoms. The van der Waals surface area contributed by atoms with Crippen LogP contribution in [-0.4, -0.2) is 31.4 Å². The third-order valence-corrected chi connectivity index (χ3v) is 3.40. The maximum absolute atomic E-state index is 13.0. The smallest absolute Gasteiger partial charge is 0.390 e. The van der Waals surface area contributed by atoms with Gasteiger partial charge < -0.3 is 5.11 Å². The van der Waals surface area contributed by atoms with Gasteiger partial charge in [-0.05, 0) is 18.2 Å². The normalized spacial score (nSPS) is 12.2. The van der Waals surface area contributed by atoms with Gasteiger partial charge in [0.1, 0.15) is 5.82 Å². The molecule has 2 N–H and O–H groups in total. The number of sulfonamides is 1. The molecule has 0 aliphatic heterocycles. The predicted octanol–water partition coefficient (Wildman–Crippen LogP) is 2.22. The Balaban J connectivity index is 2.97. The molecule has 0 aliphatic rings. The summed E-state index contributed by atoms with van der Waals surface area (Å²) in [5, 5.41) is 8.78. The highest BCUT2D eigenvalue weighted by Gasteiger charge is 2.30. The molecule has 10 heteroatoms. The van der Waals surface area contributed by atoms with Gasteiger partial charge in [0.25, 0.3) is 0 Å². The lowest BCUT2D eigenvalue weighted by Gasteiger charge is -2.11. The van der Waals surface area contributed by atoms with E-state index in [2.05, 4.69) is 0 Å². The Labute approximate surface area is 111 Å². The molecule has 5 nitrogen and oxygen atoms in total. The standard InChI is InChI=1S/C10H9F4NO4S/c11-6-1-2-7(9(16)17)8(5-6)15-20(18,19)4-3-10(12,13)14/h1-2,5,15H,3-4H2,(H,16,17). The Bertz CT molecular complexity index is 612. The SMILES string of the molecule is O=C(O)c1ccc(F)cc1NS(=O)(=O)CCC(F)(F)F. The Morgan fingerprint density at radius 1 is 1.30 bits per heavy atom. The number of hydrogen-bond donors (Lipinski definition) is 2. The van der Waals surface area contributed by atoms with Crippen LogP contribution in [0.1, 0.15) is 16.8 Å². The van der Waals surface area contributed by atoms with Gasteiger partial charge in [-0.15, -0.1) is 0 Å². The zero-order chi connectivity index (χ0) is 15.6. The van der Waals surface area contributed by atoms with E-state index in [4.69, 9.17) is 5.11 Å². The third kappa shape index (κ3) is 5.03. The fraction of sp³-hybridized carbons (Fsp3) is 0.300. The molecule has 0 heterocycles. The molecule has 0 amide bonds. The summed E-state index contributed by atoms with van der Waals surface area (Å²) in [6.07, 6.45) is -6.27. The minimum Gasteiger partial charge on any atom is -0.478 e. The first-order chi connectivity index (χ1) is 9.00. The lowest BCUT2D eigenvalue weighted by molar-refractivity contribution is -0.129. The molecule has 0 aliphatic carbocycles. The van der Waals surface area contributed by atoms with Crippen LogP contribution in [0.5, 0.6) is 0 Å². The van der Waals surface area contributed by atoms with Crippen LogP contribution in [0, 0.1) is 5.82 Å². The van der Waals surface area contributed by atoms with E-state index in [1.165, 1.54) is 0 Å². The average Bonchev–Trinajstić information content (AvgIpc) is 2.24. The monoisotopic (exact) mass is 315 g/mol. The van der Waals surface area contributed by atoms with E-state index in [1.54, 1.807) is 4.72 Å². The first kappa shape index (κ1) is 16.2. The number of anilines is 1. The summed E-state index contributed by atoms with van der Waals surface area (Å²) in [6.45, 7) is 0. The van der Waals surface area contributed by atoms with E-state index in [-0.39, 0.29) is 0 Å². The van der Waals surface area contributed by atoms with E-state index < -0.39 is 51.4 Å². The number of halogens is 4. The summed E-state index contributed by atoms with van der Waals surface area (Å²) in [7, 11) is -4.44. The Morgan fingerprint density at radius 3 is 2.40 bits per heavy atom. The van der Waals surface area contributed by atoms with Crippen molar-refractivity contribution in [1.29, 1.82) is 0 Å². The van der Waals surface area contributed by atoms with Gasteiger partial charge in [0.2, 0.25) is 10.0 Å². The molecular weight excluding hydrogens is 306 g/mol. The van der Waals surface area contributed by atoms with Crippen LogP contribution in [0.15, 0.2) is 18.2 Å². The summed E-state index contributed by atoms with van der Waals surface area (Å²) >= 11 is 0. The molecule has 0 saturated heterocycles. The number of hydrogen-bond acceptors (Lipinski definition) is 3. The molecule has 0 radical (unpaired) electrons. The quantitative estimate of drug-likeness (QED) is 0.816. The summed E-state index contributed by atoms with van der Waals surface area (Å²) in [6, 6.07) is 2.17. The van der Waals surface area contributed by atoms with E-state index in [1.807, 2.05) is 0 Å². The molecule has 0 aromatic heterocycles. The van der Waals surface area contributed by atoms with Crippen molar-refractivity contribution in [3.63, 3.8) is 0 Å². The fourth-order valence-corrected chi connectivity index (χ4v) is 2.36. The summed E-state index contributed by atoms with van der Waals surface area (Å²) < 4.78 is 73.2. The van der Waals surface area contributed by atoms with Gasteiger partial charge in [0.05, 0.1) is 23.4 Å². The van der Waals surface area contributed by atoms with Crippen LogP contribution in [0.4, 0.5) is 23.2 Å². The predicted molar refractivity (Wildman–Crippen MR) is 61.4 cm³/mol. The van der Waals surface area contributed by atoms with Crippen LogP contribution in [-0.2, 0) is 10.0 Å². The zero-order valence-electron chi connectivity index (χ0n) is 9.74. The zero-order valence-corrected chi connectivity index (χ0v) is 10.6. The molecule has 0 saturated carbocycles. The maximum Gasteiger partial charge on any atom is 0.390 e. The van der Waals surface area contributed by atoms with Crippen LogP contribution < -0.4 is 4.72 Å². The van der Waals surface area contributed by atoms with Crippen molar-refractivity contribution in [1.82, 2.24) is 0 Å². The number of rotatable bonds is 5. The molecular formula is C10H9F4NO4S. The van der Waals surface area contributed by atoms with Crippen molar-refractivity contribution >= 4 is 21.7 Å². The van der Waals surface area contributed by atoms with Gasteiger partial charge >= 0.3 is 12.1 Å². The number of carboxylic acids is 1. The van der Waals surface area contributed by atoms with Crippen LogP contribution >= 0.6 is 0 Å². The first-order valence-corrected chi connectivity index (χ1v) is 6.75. The topological polar surface area (TPSA) is 83.5 Å². The Morgan fingerprint density at radius 2 is 1.90 bits per heavy atom. The van der Waals surface area contributed by atoms with Crippen LogP contribution in [0.2, 0.25) is 0 Å². The van der Waals surface area contributed by atoms with Gasteiger partial charge in [-0.25, -0.2) is 17.6 Å². The first-order valence-electron chi connectivity index (χ1n) is 5.10. The number of carbonyl (C=O) groups is 1. The minimum absolute atomic E-state index is 0.568. The van der Waals surface area contributed by atoms with Gasteiger partial charge in [0, 0.05) is 0 Å². The van der Waals surface area contributed by atoms with Crippen molar-refractivity contribution in [2.45, 2.75) is 12.6 Å². The number of aromatic carboxylic acids is 1. The van der Waals surface area contributed by atoms with Crippen molar-refractivity contribution in [3.05, 3.63) is 29.6 Å². The largest absolute Gasteiger partial charge is 0.478 e. The third-order valence-electron chi connectivity index (χ3n) is 2.13. The highest BCUT2D eigenvalue weighted by molar-refractivity contribution is 7.92. The molecule has 1 aromatic rings. The summed E-state index contributed by atoms with van der Waals surface area (Å²) in [4.78, 5) is 10.8.